The Morgan fingerprint density at radius 3 is 2.29 bits per heavy atom. The van der Waals surface area contributed by atoms with Gasteiger partial charge in [0, 0.05) is 18.3 Å². The molecule has 5 aliphatic rings. The van der Waals surface area contributed by atoms with Gasteiger partial charge >= 0.3 is 12.1 Å². The van der Waals surface area contributed by atoms with Gasteiger partial charge in [0.15, 0.2) is 0 Å². The largest absolute Gasteiger partial charge is 0.508 e. The molecule has 42 heavy (non-hydrogen) atoms. The first-order chi connectivity index (χ1) is 19.9. The molecule has 0 radical (unpaired) electrons. The monoisotopic (exact) mass is 616 g/mol. The molecule has 4 fully saturated rings. The number of hydrogen-bond donors (Lipinski definition) is 1. The summed E-state index contributed by atoms with van der Waals surface area (Å²) in [6.07, 6.45) is 13.9. The zero-order chi connectivity index (χ0) is 30.2. The molecule has 0 aromatic rings. The van der Waals surface area contributed by atoms with Crippen molar-refractivity contribution in [3.63, 3.8) is 0 Å². The molecule has 6 atom stereocenters. The van der Waals surface area contributed by atoms with Crippen LogP contribution in [0.15, 0.2) is 23.5 Å². The van der Waals surface area contributed by atoms with Crippen LogP contribution in [-0.2, 0) is 4.79 Å². The van der Waals surface area contributed by atoms with Crippen molar-refractivity contribution in [2.75, 3.05) is 11.5 Å². The Hall–Kier alpha value is -1.05. The molecule has 238 valence electrons. The van der Waals surface area contributed by atoms with Gasteiger partial charge < -0.3 is 5.11 Å². The van der Waals surface area contributed by atoms with Gasteiger partial charge in [-0.3, -0.25) is 4.79 Å². The number of halogens is 5. The zero-order valence-electron chi connectivity index (χ0n) is 25.1. The maximum Gasteiger partial charge on any atom is 0.453 e. The number of unbranched alkanes of at least 4 members (excludes halogenated alkanes) is 6. The number of alkyl halides is 5. The highest BCUT2D eigenvalue weighted by Gasteiger charge is 2.72. The van der Waals surface area contributed by atoms with Crippen molar-refractivity contribution in [2.45, 2.75) is 128 Å². The number of aliphatic hydroxyl groups excluding tert-OH is 1. The second kappa shape index (κ2) is 12.7. The van der Waals surface area contributed by atoms with Crippen LogP contribution in [-0.4, -0.2) is 34.5 Å². The minimum absolute atomic E-state index is 0.00562. The Balaban J connectivity index is 1.02. The molecule has 0 bridgehead atoms. The predicted octanol–water partition coefficient (Wildman–Crippen LogP) is 10.6. The lowest BCUT2D eigenvalue weighted by atomic mass is 9.48. The Kier molecular flexibility index (Phi) is 9.82. The van der Waals surface area contributed by atoms with Crippen LogP contribution in [0, 0.1) is 40.4 Å². The number of aliphatic hydroxyl groups is 1. The molecule has 0 amide bonds. The van der Waals surface area contributed by atoms with E-state index in [0.29, 0.717) is 46.9 Å². The van der Waals surface area contributed by atoms with Gasteiger partial charge in [0.2, 0.25) is 0 Å². The Morgan fingerprint density at radius 1 is 0.929 bits per heavy atom. The standard InChI is InChI=1S/C34H49F5O2S/c1-31-15-13-27-26-12-11-25(40)21-24(26)20-23(30(27)28(31)22-29(41)32(31)16-17-32)10-7-5-3-2-4-6-8-18-42-19-9-14-33(35,36)34(37,38)39/h11,21,23,26-28,30,40H,2-10,12-20,22H2,1H3/t23-,26?,27?,28?,30?,31+/m1/s1. The molecule has 5 rings (SSSR count). The summed E-state index contributed by atoms with van der Waals surface area (Å²) < 4.78 is 62.5. The Labute approximate surface area is 252 Å². The van der Waals surface area contributed by atoms with Crippen LogP contribution < -0.4 is 0 Å². The average molecular weight is 617 g/mol. The molecule has 0 aromatic heterocycles. The van der Waals surface area contributed by atoms with Crippen LogP contribution in [0.3, 0.4) is 0 Å². The van der Waals surface area contributed by atoms with E-state index in [4.69, 9.17) is 0 Å². The molecule has 4 unspecified atom stereocenters. The number of carbonyl (C=O) groups is 1. The maximum atomic E-state index is 13.3. The van der Waals surface area contributed by atoms with Crippen LogP contribution in [0.1, 0.15) is 116 Å². The van der Waals surface area contributed by atoms with Crippen molar-refractivity contribution >= 4 is 17.5 Å². The molecule has 1 N–H and O–H groups in total. The first-order valence-corrected chi connectivity index (χ1v) is 17.7. The number of ketones is 1. The van der Waals surface area contributed by atoms with E-state index in [1.54, 1.807) is 0 Å². The number of Topliss-reactive ketones (excluding diaryl/α,β-unsaturated/α-hetero) is 1. The summed E-state index contributed by atoms with van der Waals surface area (Å²) in [6, 6.07) is 0. The van der Waals surface area contributed by atoms with E-state index < -0.39 is 18.5 Å². The second-order valence-corrected chi connectivity index (χ2v) is 15.6. The van der Waals surface area contributed by atoms with Crippen molar-refractivity contribution in [1.82, 2.24) is 0 Å². The van der Waals surface area contributed by atoms with Crippen molar-refractivity contribution < 1.29 is 31.9 Å². The lowest BCUT2D eigenvalue weighted by molar-refractivity contribution is -0.284. The lowest BCUT2D eigenvalue weighted by Gasteiger charge is -2.56. The number of rotatable bonds is 14. The molecule has 0 aromatic carbocycles. The zero-order valence-corrected chi connectivity index (χ0v) is 25.9. The van der Waals surface area contributed by atoms with Gasteiger partial charge in [0.1, 0.15) is 11.5 Å². The third-order valence-electron chi connectivity index (χ3n) is 12.1. The fourth-order valence-electron chi connectivity index (χ4n) is 9.64. The van der Waals surface area contributed by atoms with E-state index in [2.05, 4.69) is 6.92 Å². The lowest BCUT2D eigenvalue weighted by Crippen LogP contribution is -2.50. The molecule has 0 aliphatic heterocycles. The van der Waals surface area contributed by atoms with E-state index in [9.17, 15) is 31.9 Å². The summed E-state index contributed by atoms with van der Waals surface area (Å²) in [7, 11) is 0. The summed E-state index contributed by atoms with van der Waals surface area (Å²) in [6.45, 7) is 2.45. The molecule has 1 spiro atoms. The van der Waals surface area contributed by atoms with Gasteiger partial charge in [-0.05, 0) is 116 Å². The molecule has 5 aliphatic carbocycles. The molecule has 8 heteroatoms. The van der Waals surface area contributed by atoms with Crippen molar-refractivity contribution in [3.05, 3.63) is 23.5 Å². The third-order valence-corrected chi connectivity index (χ3v) is 13.2. The van der Waals surface area contributed by atoms with E-state index in [1.165, 1.54) is 62.3 Å². The first kappa shape index (κ1) is 32.3. The number of allylic oxidation sites excluding steroid dienone is 3. The van der Waals surface area contributed by atoms with Crippen LogP contribution in [0.2, 0.25) is 0 Å². The second-order valence-electron chi connectivity index (χ2n) is 14.3. The minimum atomic E-state index is -5.44. The number of carbonyl (C=O) groups excluding carboxylic acids is 1. The van der Waals surface area contributed by atoms with Crippen LogP contribution in [0.4, 0.5) is 22.0 Å². The van der Waals surface area contributed by atoms with Gasteiger partial charge in [0.25, 0.3) is 0 Å². The highest BCUT2D eigenvalue weighted by atomic mass is 32.2. The van der Waals surface area contributed by atoms with E-state index in [0.717, 1.165) is 57.1 Å². The molecular weight excluding hydrogens is 567 g/mol. The fourth-order valence-corrected chi connectivity index (χ4v) is 10.6. The van der Waals surface area contributed by atoms with Crippen molar-refractivity contribution in [2.24, 2.45) is 40.4 Å². The maximum absolute atomic E-state index is 13.3. The van der Waals surface area contributed by atoms with Crippen LogP contribution >= 0.6 is 11.8 Å². The SMILES string of the molecule is C[C@]12CCC3C4CC=C(O)C=C4C[C@@H](CCCCCCCCCSCCCC(F)(F)C(F)(F)F)C3C1CC(=O)C21CC1. The van der Waals surface area contributed by atoms with Crippen molar-refractivity contribution in [3.8, 4) is 0 Å². The highest BCUT2D eigenvalue weighted by Crippen LogP contribution is 2.75. The highest BCUT2D eigenvalue weighted by molar-refractivity contribution is 7.99. The number of fused-ring (bicyclic) bond motifs is 6. The van der Waals surface area contributed by atoms with Gasteiger partial charge in [-0.15, -0.1) is 0 Å². The summed E-state index contributed by atoms with van der Waals surface area (Å²) in [5.41, 5.74) is 1.63. The summed E-state index contributed by atoms with van der Waals surface area (Å²) in [4.78, 5) is 13.3. The molecule has 0 saturated heterocycles. The van der Waals surface area contributed by atoms with Crippen molar-refractivity contribution in [1.29, 1.82) is 0 Å². The van der Waals surface area contributed by atoms with Crippen LogP contribution in [0.5, 0.6) is 0 Å². The van der Waals surface area contributed by atoms with Gasteiger partial charge in [-0.2, -0.15) is 33.7 Å². The normalized spacial score (nSPS) is 33.6. The predicted molar refractivity (Wildman–Crippen MR) is 159 cm³/mol. The molecule has 4 saturated carbocycles. The van der Waals surface area contributed by atoms with E-state index in [1.807, 2.05) is 12.2 Å². The van der Waals surface area contributed by atoms with E-state index in [-0.39, 0.29) is 17.3 Å². The number of hydrogen-bond acceptors (Lipinski definition) is 3. The van der Waals surface area contributed by atoms with E-state index >= 15 is 0 Å². The smallest absolute Gasteiger partial charge is 0.453 e. The molecular formula is C34H49F5O2S. The Bertz CT molecular complexity index is 1030. The van der Waals surface area contributed by atoms with Crippen LogP contribution in [0.25, 0.3) is 0 Å². The van der Waals surface area contributed by atoms with Gasteiger partial charge in [-0.25, -0.2) is 0 Å². The Morgan fingerprint density at radius 2 is 1.60 bits per heavy atom. The minimum Gasteiger partial charge on any atom is -0.508 e. The third kappa shape index (κ3) is 6.36. The summed E-state index contributed by atoms with van der Waals surface area (Å²) in [5.74, 6) is 0.486. The first-order valence-electron chi connectivity index (χ1n) is 16.5. The number of thioether (sulfide) groups is 1. The summed E-state index contributed by atoms with van der Waals surface area (Å²) in [5, 5.41) is 10.3. The fraction of sp³-hybridized carbons (Fsp3) is 0.853. The summed E-state index contributed by atoms with van der Waals surface area (Å²) >= 11 is 1.47. The van der Waals surface area contributed by atoms with Gasteiger partial charge in [-0.1, -0.05) is 51.0 Å². The quantitative estimate of drug-likeness (QED) is 0.156. The topological polar surface area (TPSA) is 37.3 Å². The molecule has 2 nitrogen and oxygen atoms in total. The molecule has 0 heterocycles. The average Bonchev–Trinajstić information content (AvgIpc) is 3.71. The van der Waals surface area contributed by atoms with Gasteiger partial charge in [0.05, 0.1) is 0 Å².